The molecule has 0 aromatic heterocycles. The molecule has 1 aromatic carbocycles. The van der Waals surface area contributed by atoms with Crippen LogP contribution in [0.25, 0.3) is 0 Å². The molecular formula is C24H32N2O6S. The molecule has 1 heterocycles. The van der Waals surface area contributed by atoms with E-state index in [4.69, 9.17) is 4.74 Å². The molecule has 0 atom stereocenters. The minimum absolute atomic E-state index is 0.143. The molecule has 2 aliphatic carbocycles. The van der Waals surface area contributed by atoms with Crippen molar-refractivity contribution >= 4 is 27.8 Å². The highest BCUT2D eigenvalue weighted by atomic mass is 32.2. The van der Waals surface area contributed by atoms with E-state index in [-0.39, 0.29) is 24.9 Å². The van der Waals surface area contributed by atoms with Crippen LogP contribution in [0, 0.1) is 11.8 Å². The quantitative estimate of drug-likeness (QED) is 0.631. The number of esters is 1. The predicted octanol–water partition coefficient (Wildman–Crippen LogP) is 2.34. The van der Waals surface area contributed by atoms with Crippen LogP contribution in [-0.4, -0.2) is 50.2 Å². The highest BCUT2D eigenvalue weighted by Crippen LogP contribution is 2.29. The summed E-state index contributed by atoms with van der Waals surface area (Å²) in [6.07, 6.45) is 8.30. The Morgan fingerprint density at radius 1 is 0.909 bits per heavy atom. The van der Waals surface area contributed by atoms with Gasteiger partial charge in [-0.25, -0.2) is 8.42 Å². The molecule has 1 N–H and O–H groups in total. The van der Waals surface area contributed by atoms with Gasteiger partial charge in [-0.05, 0) is 68.2 Å². The molecule has 33 heavy (non-hydrogen) atoms. The Morgan fingerprint density at radius 3 is 2.33 bits per heavy atom. The van der Waals surface area contributed by atoms with E-state index in [1.54, 1.807) is 12.1 Å². The summed E-state index contributed by atoms with van der Waals surface area (Å²) >= 11 is 0. The van der Waals surface area contributed by atoms with Gasteiger partial charge >= 0.3 is 5.97 Å². The summed E-state index contributed by atoms with van der Waals surface area (Å²) in [5, 5.41) is 2.33. The number of carbonyl (C=O) groups is 3. The molecule has 8 nitrogen and oxygen atoms in total. The van der Waals surface area contributed by atoms with Crippen molar-refractivity contribution < 1.29 is 27.5 Å². The molecule has 1 saturated carbocycles. The number of benzene rings is 1. The Kier molecular flexibility index (Phi) is 7.48. The van der Waals surface area contributed by atoms with Gasteiger partial charge in [-0.1, -0.05) is 25.3 Å². The Morgan fingerprint density at radius 2 is 1.61 bits per heavy atom. The van der Waals surface area contributed by atoms with Crippen molar-refractivity contribution in [1.29, 1.82) is 0 Å². The van der Waals surface area contributed by atoms with Crippen molar-refractivity contribution in [2.45, 2.75) is 69.1 Å². The molecule has 1 aromatic rings. The highest BCUT2D eigenvalue weighted by Gasteiger charge is 2.33. The SMILES string of the molecule is O=C(COC(=O)C1CCN(S(=O)(=O)c2ccc3c(c2)CCC3)CC1)NC(=O)C1CCCCC1. The third-order valence-electron chi connectivity index (χ3n) is 7.08. The predicted molar refractivity (Wildman–Crippen MR) is 121 cm³/mol. The summed E-state index contributed by atoms with van der Waals surface area (Å²) in [6.45, 7) is -0.0397. The van der Waals surface area contributed by atoms with Gasteiger partial charge in [0.2, 0.25) is 15.9 Å². The maximum atomic E-state index is 13.0. The van der Waals surface area contributed by atoms with Crippen LogP contribution in [0.3, 0.4) is 0 Å². The van der Waals surface area contributed by atoms with E-state index < -0.39 is 34.4 Å². The maximum absolute atomic E-state index is 13.0. The maximum Gasteiger partial charge on any atom is 0.309 e. The first-order valence-electron chi connectivity index (χ1n) is 12.0. The number of nitrogens with one attached hydrogen (secondary N) is 1. The summed E-state index contributed by atoms with van der Waals surface area (Å²) in [4.78, 5) is 36.8. The van der Waals surface area contributed by atoms with Gasteiger partial charge in [-0.15, -0.1) is 0 Å². The van der Waals surface area contributed by atoms with Gasteiger partial charge in [0, 0.05) is 19.0 Å². The van der Waals surface area contributed by atoms with Gasteiger partial charge in [0.05, 0.1) is 10.8 Å². The van der Waals surface area contributed by atoms with Crippen molar-refractivity contribution in [2.75, 3.05) is 19.7 Å². The van der Waals surface area contributed by atoms with Crippen molar-refractivity contribution in [3.63, 3.8) is 0 Å². The fourth-order valence-corrected chi connectivity index (χ4v) is 6.61. The fourth-order valence-electron chi connectivity index (χ4n) is 5.08. The second-order valence-electron chi connectivity index (χ2n) is 9.32. The average Bonchev–Trinajstić information content (AvgIpc) is 3.31. The molecule has 2 fully saturated rings. The molecule has 1 aliphatic heterocycles. The van der Waals surface area contributed by atoms with Crippen molar-refractivity contribution in [3.05, 3.63) is 29.3 Å². The van der Waals surface area contributed by atoms with Gasteiger partial charge in [-0.3, -0.25) is 19.7 Å². The number of hydrogen-bond acceptors (Lipinski definition) is 6. The normalized spacial score (nSPS) is 20.2. The molecule has 0 unspecified atom stereocenters. The number of fused-ring (bicyclic) bond motifs is 1. The molecule has 0 bridgehead atoms. The summed E-state index contributed by atoms with van der Waals surface area (Å²) in [5.41, 5.74) is 2.33. The lowest BCUT2D eigenvalue weighted by molar-refractivity contribution is -0.154. The first-order chi connectivity index (χ1) is 15.8. The lowest BCUT2D eigenvalue weighted by Crippen LogP contribution is -2.42. The third kappa shape index (κ3) is 5.63. The van der Waals surface area contributed by atoms with E-state index in [9.17, 15) is 22.8 Å². The number of amides is 2. The molecule has 3 aliphatic rings. The van der Waals surface area contributed by atoms with Crippen molar-refractivity contribution in [3.8, 4) is 0 Å². The van der Waals surface area contributed by atoms with Gasteiger partial charge < -0.3 is 4.74 Å². The van der Waals surface area contributed by atoms with Gasteiger partial charge in [-0.2, -0.15) is 4.31 Å². The standard InChI is InChI=1S/C24H32N2O6S/c27-22(25-23(28)18-5-2-1-3-6-18)16-32-24(29)19-11-13-26(14-12-19)33(30,31)21-10-9-17-7-4-8-20(17)15-21/h9-10,15,18-19H,1-8,11-14,16H2,(H,25,27,28). The second kappa shape index (κ2) is 10.3. The van der Waals surface area contributed by atoms with Crippen molar-refractivity contribution in [2.24, 2.45) is 11.8 Å². The number of hydrogen-bond donors (Lipinski definition) is 1. The summed E-state index contributed by atoms with van der Waals surface area (Å²) in [5.74, 6) is -2.03. The molecule has 1 saturated heterocycles. The van der Waals surface area contributed by atoms with Crippen LogP contribution in [-0.2, 0) is 42.0 Å². The van der Waals surface area contributed by atoms with E-state index >= 15 is 0 Å². The lowest BCUT2D eigenvalue weighted by atomic mass is 9.89. The van der Waals surface area contributed by atoms with Gasteiger partial charge in [0.25, 0.3) is 5.91 Å². The minimum Gasteiger partial charge on any atom is -0.455 e. The number of rotatable bonds is 6. The molecule has 4 rings (SSSR count). The van der Waals surface area contributed by atoms with Gasteiger partial charge in [0.15, 0.2) is 6.61 Å². The van der Waals surface area contributed by atoms with E-state index in [0.29, 0.717) is 17.7 Å². The highest BCUT2D eigenvalue weighted by molar-refractivity contribution is 7.89. The molecule has 2 amide bonds. The number of ether oxygens (including phenoxy) is 1. The van der Waals surface area contributed by atoms with Crippen LogP contribution in [0.1, 0.15) is 62.5 Å². The summed E-state index contributed by atoms with van der Waals surface area (Å²) < 4.78 is 32.6. The zero-order valence-electron chi connectivity index (χ0n) is 18.9. The monoisotopic (exact) mass is 476 g/mol. The Hall–Kier alpha value is -2.26. The molecule has 0 spiro atoms. The van der Waals surface area contributed by atoms with Crippen LogP contribution < -0.4 is 5.32 Å². The summed E-state index contributed by atoms with van der Waals surface area (Å²) in [6, 6.07) is 5.36. The Bertz CT molecular complexity index is 1010. The molecule has 9 heteroatoms. The zero-order valence-corrected chi connectivity index (χ0v) is 19.7. The average molecular weight is 477 g/mol. The Labute approximate surface area is 195 Å². The smallest absolute Gasteiger partial charge is 0.309 e. The number of imide groups is 1. The fraction of sp³-hybridized carbons (Fsp3) is 0.625. The molecule has 180 valence electrons. The third-order valence-corrected chi connectivity index (χ3v) is 8.97. The van der Waals surface area contributed by atoms with Crippen LogP contribution in [0.2, 0.25) is 0 Å². The van der Waals surface area contributed by atoms with Crippen LogP contribution in [0.4, 0.5) is 0 Å². The van der Waals surface area contributed by atoms with Crippen molar-refractivity contribution in [1.82, 2.24) is 9.62 Å². The topological polar surface area (TPSA) is 110 Å². The number of carbonyl (C=O) groups excluding carboxylic acids is 3. The number of sulfonamides is 1. The largest absolute Gasteiger partial charge is 0.455 e. The van der Waals surface area contributed by atoms with E-state index in [1.165, 1.54) is 9.87 Å². The zero-order chi connectivity index (χ0) is 23.4. The van der Waals surface area contributed by atoms with Gasteiger partial charge in [0.1, 0.15) is 0 Å². The van der Waals surface area contributed by atoms with E-state index in [0.717, 1.165) is 56.9 Å². The van der Waals surface area contributed by atoms with Crippen LogP contribution in [0.15, 0.2) is 23.1 Å². The first kappa shape index (κ1) is 23.9. The van der Waals surface area contributed by atoms with E-state index in [1.807, 2.05) is 6.07 Å². The lowest BCUT2D eigenvalue weighted by Gasteiger charge is -2.30. The molecule has 0 radical (unpaired) electrons. The van der Waals surface area contributed by atoms with E-state index in [2.05, 4.69) is 5.32 Å². The molecular weight excluding hydrogens is 444 g/mol. The minimum atomic E-state index is -3.60. The second-order valence-corrected chi connectivity index (χ2v) is 11.3. The number of nitrogens with zero attached hydrogens (tertiary/aromatic N) is 1. The number of piperidine rings is 1. The van der Waals surface area contributed by atoms with Crippen LogP contribution in [0.5, 0.6) is 0 Å². The first-order valence-corrected chi connectivity index (χ1v) is 13.4. The Balaban J connectivity index is 1.23. The van der Waals surface area contributed by atoms with Crippen LogP contribution >= 0.6 is 0 Å². The summed E-state index contributed by atoms with van der Waals surface area (Å²) in [7, 11) is -3.60. The number of aryl methyl sites for hydroxylation is 2.